The van der Waals surface area contributed by atoms with Gasteiger partial charge in [0.05, 0.1) is 10.7 Å². The highest BCUT2D eigenvalue weighted by atomic mass is 35.5. The molecule has 2 rings (SSSR count). The van der Waals surface area contributed by atoms with Crippen molar-refractivity contribution in [2.24, 2.45) is 5.92 Å². The highest BCUT2D eigenvalue weighted by molar-refractivity contribution is 6.31. The molecule has 1 nitrogen and oxygen atoms in total. The van der Waals surface area contributed by atoms with Gasteiger partial charge in [0.1, 0.15) is 0 Å². The molecule has 0 spiro atoms. The molecule has 1 aromatic rings. The Bertz CT molecular complexity index is 330. The molecule has 1 aliphatic carbocycles. The third-order valence-corrected chi connectivity index (χ3v) is 3.00. The van der Waals surface area contributed by atoms with Crippen LogP contribution in [-0.4, -0.2) is 4.98 Å². The van der Waals surface area contributed by atoms with Crippen LogP contribution in [0.3, 0.4) is 0 Å². The Kier molecular flexibility index (Phi) is 8.24. The van der Waals surface area contributed by atoms with E-state index in [1.807, 2.05) is 40.7 Å². The first-order valence-corrected chi connectivity index (χ1v) is 7.17. The molecular formula is C15H26ClN. The third-order valence-electron chi connectivity index (χ3n) is 2.67. The molecule has 0 aliphatic heterocycles. The summed E-state index contributed by atoms with van der Waals surface area (Å²) in [6.07, 6.45) is 3.77. The first-order chi connectivity index (χ1) is 8.16. The van der Waals surface area contributed by atoms with Crippen molar-refractivity contribution in [1.29, 1.82) is 0 Å². The Hall–Kier alpha value is -0.560. The fourth-order valence-electron chi connectivity index (χ4n) is 1.46. The number of nitrogens with zero attached hydrogens (tertiary/aromatic N) is 1. The fraction of sp³-hybridized carbons (Fsp3) is 0.667. The van der Waals surface area contributed by atoms with Gasteiger partial charge in [-0.1, -0.05) is 39.3 Å². The predicted octanol–water partition coefficient (Wildman–Crippen LogP) is 5.36. The van der Waals surface area contributed by atoms with E-state index >= 15 is 0 Å². The first-order valence-electron chi connectivity index (χ1n) is 6.79. The molecular weight excluding hydrogens is 230 g/mol. The number of rotatable bonds is 2. The van der Waals surface area contributed by atoms with Gasteiger partial charge in [0.2, 0.25) is 0 Å². The lowest BCUT2D eigenvalue weighted by atomic mass is 10.1. The quantitative estimate of drug-likeness (QED) is 0.694. The van der Waals surface area contributed by atoms with Gasteiger partial charge in [-0.15, -0.1) is 0 Å². The molecule has 98 valence electrons. The van der Waals surface area contributed by atoms with E-state index in [4.69, 9.17) is 11.6 Å². The molecule has 0 amide bonds. The lowest BCUT2D eigenvalue weighted by Crippen LogP contribution is -1.97. The smallest absolute Gasteiger partial charge is 0.0624 e. The van der Waals surface area contributed by atoms with Gasteiger partial charge >= 0.3 is 0 Å². The maximum atomic E-state index is 6.11. The van der Waals surface area contributed by atoms with Crippen LogP contribution in [0.1, 0.15) is 57.5 Å². The number of aromatic nitrogens is 1. The second-order valence-electron chi connectivity index (χ2n) is 3.97. The summed E-state index contributed by atoms with van der Waals surface area (Å²) in [7, 11) is 0. The summed E-state index contributed by atoms with van der Waals surface area (Å²) in [5.41, 5.74) is 3.39. The van der Waals surface area contributed by atoms with Gasteiger partial charge < -0.3 is 0 Å². The van der Waals surface area contributed by atoms with Crippen LogP contribution in [0, 0.1) is 19.8 Å². The van der Waals surface area contributed by atoms with E-state index in [0.717, 1.165) is 28.7 Å². The molecule has 1 fully saturated rings. The first kappa shape index (κ1) is 16.4. The molecule has 0 bridgehead atoms. The number of aryl methyl sites for hydroxylation is 2. The molecule has 1 saturated carbocycles. The van der Waals surface area contributed by atoms with Crippen molar-refractivity contribution >= 4 is 11.6 Å². The Morgan fingerprint density at radius 3 is 2.18 bits per heavy atom. The van der Waals surface area contributed by atoms with Gasteiger partial charge in [-0.2, -0.15) is 0 Å². The second-order valence-corrected chi connectivity index (χ2v) is 4.37. The average molecular weight is 256 g/mol. The maximum absolute atomic E-state index is 6.11. The fourth-order valence-corrected chi connectivity index (χ4v) is 1.74. The maximum Gasteiger partial charge on any atom is 0.0624 e. The zero-order valence-electron chi connectivity index (χ0n) is 12.1. The summed E-state index contributed by atoms with van der Waals surface area (Å²) in [6.45, 7) is 12.1. The molecule has 1 aliphatic rings. The minimum absolute atomic E-state index is 0.843. The lowest BCUT2D eigenvalue weighted by molar-refractivity contribution is 0.798. The van der Waals surface area contributed by atoms with E-state index in [0.29, 0.717) is 0 Å². The van der Waals surface area contributed by atoms with E-state index in [9.17, 15) is 0 Å². The molecule has 0 saturated heterocycles. The van der Waals surface area contributed by atoms with E-state index < -0.39 is 0 Å². The summed E-state index contributed by atoms with van der Waals surface area (Å²) in [5.74, 6) is 0.854. The van der Waals surface area contributed by atoms with Crippen LogP contribution >= 0.6 is 11.6 Å². The molecule has 0 atom stereocenters. The zero-order valence-corrected chi connectivity index (χ0v) is 12.9. The van der Waals surface area contributed by atoms with E-state index in [1.54, 1.807) is 0 Å². The topological polar surface area (TPSA) is 12.9 Å². The Labute approximate surface area is 112 Å². The SMILES string of the molecule is CC.CC.Cc1cc(Cl)c(CC2CC2)nc1C. The van der Waals surface area contributed by atoms with Gasteiger partial charge in [-0.05, 0) is 50.7 Å². The zero-order chi connectivity index (χ0) is 13.4. The Morgan fingerprint density at radius 1 is 1.18 bits per heavy atom. The number of hydrogen-bond donors (Lipinski definition) is 0. The summed E-state index contributed by atoms with van der Waals surface area (Å²) >= 11 is 6.11. The third kappa shape index (κ3) is 5.54. The summed E-state index contributed by atoms with van der Waals surface area (Å²) in [6, 6.07) is 2.03. The monoisotopic (exact) mass is 255 g/mol. The molecule has 0 radical (unpaired) electrons. The number of pyridine rings is 1. The van der Waals surface area contributed by atoms with E-state index in [-0.39, 0.29) is 0 Å². The van der Waals surface area contributed by atoms with Crippen LogP contribution in [-0.2, 0) is 6.42 Å². The molecule has 17 heavy (non-hydrogen) atoms. The Balaban J connectivity index is 0.000000581. The Morgan fingerprint density at radius 2 is 1.71 bits per heavy atom. The molecule has 2 heteroatoms. The number of halogens is 1. The van der Waals surface area contributed by atoms with Crippen LogP contribution < -0.4 is 0 Å². The lowest BCUT2D eigenvalue weighted by Gasteiger charge is -2.06. The summed E-state index contributed by atoms with van der Waals surface area (Å²) in [5, 5.41) is 0.843. The minimum atomic E-state index is 0.843. The van der Waals surface area contributed by atoms with Gasteiger partial charge in [0.25, 0.3) is 0 Å². The van der Waals surface area contributed by atoms with Crippen LogP contribution in [0.5, 0.6) is 0 Å². The second kappa shape index (κ2) is 8.52. The van der Waals surface area contributed by atoms with Gasteiger partial charge in [0.15, 0.2) is 0 Å². The van der Waals surface area contributed by atoms with Crippen molar-refractivity contribution in [2.45, 2.75) is 60.8 Å². The average Bonchev–Trinajstić information content (AvgIpc) is 3.15. The standard InChI is InChI=1S/C11H14ClN.2C2H6/c1-7-5-10(12)11(13-8(7)2)6-9-3-4-9;2*1-2/h5,9H,3-4,6H2,1-2H3;2*1-2H3. The van der Waals surface area contributed by atoms with E-state index in [2.05, 4.69) is 11.9 Å². The highest BCUT2D eigenvalue weighted by Crippen LogP contribution is 2.34. The normalized spacial score (nSPS) is 13.1. The van der Waals surface area contributed by atoms with Crippen molar-refractivity contribution in [2.75, 3.05) is 0 Å². The van der Waals surface area contributed by atoms with Gasteiger partial charge in [0, 0.05) is 5.69 Å². The largest absolute Gasteiger partial charge is 0.256 e. The molecule has 1 heterocycles. The van der Waals surface area contributed by atoms with Crippen molar-refractivity contribution in [3.63, 3.8) is 0 Å². The van der Waals surface area contributed by atoms with Gasteiger partial charge in [-0.3, -0.25) is 4.98 Å². The van der Waals surface area contributed by atoms with Crippen LogP contribution in [0.2, 0.25) is 5.02 Å². The molecule has 0 N–H and O–H groups in total. The van der Waals surface area contributed by atoms with Crippen molar-refractivity contribution in [1.82, 2.24) is 4.98 Å². The minimum Gasteiger partial charge on any atom is -0.256 e. The van der Waals surface area contributed by atoms with Gasteiger partial charge in [-0.25, -0.2) is 0 Å². The van der Waals surface area contributed by atoms with Crippen molar-refractivity contribution < 1.29 is 0 Å². The van der Waals surface area contributed by atoms with Crippen LogP contribution in [0.4, 0.5) is 0 Å². The van der Waals surface area contributed by atoms with Crippen molar-refractivity contribution in [3.05, 3.63) is 28.0 Å². The van der Waals surface area contributed by atoms with Crippen LogP contribution in [0.15, 0.2) is 6.07 Å². The molecule has 1 aromatic heterocycles. The number of hydrogen-bond acceptors (Lipinski definition) is 1. The highest BCUT2D eigenvalue weighted by Gasteiger charge is 2.23. The van der Waals surface area contributed by atoms with Crippen LogP contribution in [0.25, 0.3) is 0 Å². The molecule has 0 unspecified atom stereocenters. The van der Waals surface area contributed by atoms with E-state index in [1.165, 1.54) is 18.4 Å². The summed E-state index contributed by atoms with van der Waals surface area (Å²) in [4.78, 5) is 4.52. The predicted molar refractivity (Wildman–Crippen MR) is 77.8 cm³/mol. The van der Waals surface area contributed by atoms with Crippen molar-refractivity contribution in [3.8, 4) is 0 Å². The summed E-state index contributed by atoms with van der Waals surface area (Å²) < 4.78 is 0. The molecule has 0 aromatic carbocycles.